The number of carbonyl (C=O) groups is 3. The van der Waals surface area contributed by atoms with Crippen LogP contribution in [0.15, 0.2) is 35.5 Å². The van der Waals surface area contributed by atoms with Crippen molar-refractivity contribution < 1.29 is 29.0 Å². The number of ether oxygens (including phenoxy) is 2. The second kappa shape index (κ2) is 6.58. The van der Waals surface area contributed by atoms with E-state index in [0.717, 1.165) is 7.11 Å². The highest BCUT2D eigenvalue weighted by Crippen LogP contribution is 2.45. The molecule has 1 unspecified atom stereocenters. The maximum Gasteiger partial charge on any atom is 0.355 e. The number of hydrogen-bond donors (Lipinski definition) is 1. The number of para-hydroxylation sites is 1. The van der Waals surface area contributed by atoms with Gasteiger partial charge in [-0.25, -0.2) is 9.59 Å². The predicted molar refractivity (Wildman–Crippen MR) is 88.7 cm³/mol. The van der Waals surface area contributed by atoms with E-state index in [1.165, 1.54) is 25.9 Å². The summed E-state index contributed by atoms with van der Waals surface area (Å²) in [5, 5.41) is 9.58. The number of esters is 1. The zero-order valence-electron chi connectivity index (χ0n) is 14.8. The Morgan fingerprint density at radius 3 is 2.32 bits per heavy atom. The van der Waals surface area contributed by atoms with Crippen LogP contribution in [0.5, 0.6) is 5.75 Å². The van der Waals surface area contributed by atoms with Crippen LogP contribution in [0.1, 0.15) is 32.4 Å². The average molecular weight is 347 g/mol. The minimum atomic E-state index is -1.36. The quantitative estimate of drug-likeness (QED) is 0.820. The number of carbonyl (C=O) groups excluding carboxylic acids is 2. The lowest BCUT2D eigenvalue weighted by Crippen LogP contribution is -2.37. The van der Waals surface area contributed by atoms with Gasteiger partial charge in [-0.05, 0) is 26.8 Å². The summed E-state index contributed by atoms with van der Waals surface area (Å²) in [7, 11) is 2.65. The van der Waals surface area contributed by atoms with Crippen molar-refractivity contribution >= 4 is 17.8 Å². The van der Waals surface area contributed by atoms with E-state index in [4.69, 9.17) is 9.47 Å². The lowest BCUT2D eigenvalue weighted by Gasteiger charge is -2.29. The molecule has 0 spiro atoms. The fraction of sp³-hybridized carbons (Fsp3) is 0.389. The van der Waals surface area contributed by atoms with Gasteiger partial charge < -0.3 is 14.6 Å². The van der Waals surface area contributed by atoms with Crippen molar-refractivity contribution in [1.82, 2.24) is 4.90 Å². The van der Waals surface area contributed by atoms with Crippen molar-refractivity contribution in [2.75, 3.05) is 14.2 Å². The van der Waals surface area contributed by atoms with E-state index >= 15 is 0 Å². The molecule has 1 amide bonds. The fourth-order valence-corrected chi connectivity index (χ4v) is 3.11. The van der Waals surface area contributed by atoms with E-state index in [0.29, 0.717) is 11.3 Å². The van der Waals surface area contributed by atoms with Gasteiger partial charge in [0.05, 0.1) is 31.2 Å². The summed E-state index contributed by atoms with van der Waals surface area (Å²) in [5.74, 6) is -2.14. The smallest absolute Gasteiger partial charge is 0.355 e. The minimum Gasteiger partial charge on any atom is -0.496 e. The highest BCUT2D eigenvalue weighted by Gasteiger charge is 2.53. The van der Waals surface area contributed by atoms with Crippen LogP contribution in [0.25, 0.3) is 0 Å². The van der Waals surface area contributed by atoms with Crippen molar-refractivity contribution in [1.29, 1.82) is 0 Å². The van der Waals surface area contributed by atoms with E-state index < -0.39 is 29.3 Å². The maximum absolute atomic E-state index is 13.0. The van der Waals surface area contributed by atoms with Crippen LogP contribution in [-0.2, 0) is 19.1 Å². The summed E-state index contributed by atoms with van der Waals surface area (Å²) in [4.78, 5) is 38.2. The molecule has 7 nitrogen and oxygen atoms in total. The molecule has 0 saturated heterocycles. The molecule has 1 aliphatic rings. The molecule has 0 saturated carbocycles. The predicted octanol–water partition coefficient (Wildman–Crippen LogP) is 2.14. The highest BCUT2D eigenvalue weighted by atomic mass is 16.5. The number of nitrogens with zero attached hydrogens (tertiary/aromatic N) is 1. The van der Waals surface area contributed by atoms with Gasteiger partial charge in [-0.2, -0.15) is 0 Å². The van der Waals surface area contributed by atoms with Gasteiger partial charge in [0.15, 0.2) is 0 Å². The van der Waals surface area contributed by atoms with E-state index in [1.54, 1.807) is 31.2 Å². The Kier molecular flexibility index (Phi) is 4.87. The highest BCUT2D eigenvalue weighted by molar-refractivity contribution is 6.12. The van der Waals surface area contributed by atoms with Crippen molar-refractivity contribution in [3.05, 3.63) is 41.1 Å². The first-order valence-electron chi connectivity index (χ1n) is 7.71. The number of aliphatic carboxylic acids is 1. The van der Waals surface area contributed by atoms with Crippen molar-refractivity contribution in [3.63, 3.8) is 0 Å². The third-order valence-electron chi connectivity index (χ3n) is 4.43. The average Bonchev–Trinajstić information content (AvgIpc) is 2.80. The van der Waals surface area contributed by atoms with E-state index in [-0.39, 0.29) is 11.3 Å². The van der Waals surface area contributed by atoms with E-state index in [2.05, 4.69) is 0 Å². The Morgan fingerprint density at radius 2 is 1.80 bits per heavy atom. The topological polar surface area (TPSA) is 93.1 Å². The Morgan fingerprint density at radius 1 is 1.20 bits per heavy atom. The van der Waals surface area contributed by atoms with Crippen LogP contribution in [-0.4, -0.2) is 42.1 Å². The van der Waals surface area contributed by atoms with E-state index in [9.17, 15) is 19.5 Å². The number of hydrogen-bond acceptors (Lipinski definition) is 5. The van der Waals surface area contributed by atoms with Gasteiger partial charge >= 0.3 is 11.9 Å². The third kappa shape index (κ3) is 2.86. The molecule has 1 aliphatic heterocycles. The first kappa shape index (κ1) is 18.5. The Balaban J connectivity index is 2.67. The number of carboxylic acid groups (broad SMARTS) is 1. The molecule has 2 rings (SSSR count). The van der Waals surface area contributed by atoms with Gasteiger partial charge in [0.1, 0.15) is 11.4 Å². The van der Waals surface area contributed by atoms with Crippen LogP contribution in [0.2, 0.25) is 0 Å². The monoisotopic (exact) mass is 347 g/mol. The lowest BCUT2D eigenvalue weighted by atomic mass is 9.85. The third-order valence-corrected chi connectivity index (χ3v) is 4.43. The molecule has 1 N–H and O–H groups in total. The molecular weight excluding hydrogens is 326 g/mol. The first-order chi connectivity index (χ1) is 11.7. The van der Waals surface area contributed by atoms with Crippen LogP contribution >= 0.6 is 0 Å². The largest absolute Gasteiger partial charge is 0.496 e. The normalized spacial score (nSPS) is 17.5. The minimum absolute atomic E-state index is 0.247. The van der Waals surface area contributed by atoms with Gasteiger partial charge in [0, 0.05) is 5.56 Å². The summed E-state index contributed by atoms with van der Waals surface area (Å²) in [6, 6.07) is 6.44. The molecule has 0 fully saturated rings. The van der Waals surface area contributed by atoms with Crippen molar-refractivity contribution in [2.24, 2.45) is 5.41 Å². The number of amides is 1. The molecule has 134 valence electrons. The Labute approximate surface area is 145 Å². The SMILES string of the molecule is COC(=O)C1=C(C(=O)O)C(C)(C)C(=O)N1C(C)c1ccccc1OC. The summed E-state index contributed by atoms with van der Waals surface area (Å²) in [6.45, 7) is 4.67. The van der Waals surface area contributed by atoms with Crippen LogP contribution in [0.4, 0.5) is 0 Å². The van der Waals surface area contributed by atoms with Gasteiger partial charge in [0.2, 0.25) is 5.91 Å². The molecule has 0 radical (unpaired) electrons. The molecule has 7 heteroatoms. The summed E-state index contributed by atoms with van der Waals surface area (Å²) in [6.07, 6.45) is 0. The molecule has 25 heavy (non-hydrogen) atoms. The fourth-order valence-electron chi connectivity index (χ4n) is 3.11. The second-order valence-corrected chi connectivity index (χ2v) is 6.24. The van der Waals surface area contributed by atoms with Crippen molar-refractivity contribution in [2.45, 2.75) is 26.8 Å². The van der Waals surface area contributed by atoms with Gasteiger partial charge in [-0.15, -0.1) is 0 Å². The number of carboxylic acids is 1. The summed E-state index contributed by atoms with van der Waals surface area (Å²) in [5.41, 5.74) is -1.22. The zero-order valence-corrected chi connectivity index (χ0v) is 14.8. The van der Waals surface area contributed by atoms with Gasteiger partial charge in [0.25, 0.3) is 0 Å². The Hall–Kier alpha value is -2.83. The molecule has 1 atom stereocenters. The van der Waals surface area contributed by atoms with Crippen LogP contribution < -0.4 is 4.74 Å². The summed E-state index contributed by atoms with van der Waals surface area (Å²) < 4.78 is 10.1. The molecule has 0 bridgehead atoms. The molecule has 1 aromatic rings. The maximum atomic E-state index is 13.0. The zero-order chi connectivity index (χ0) is 18.9. The molecular formula is C18H21NO6. The van der Waals surface area contributed by atoms with Crippen molar-refractivity contribution in [3.8, 4) is 5.75 Å². The van der Waals surface area contributed by atoms with E-state index in [1.807, 2.05) is 0 Å². The molecule has 0 aliphatic carbocycles. The van der Waals surface area contributed by atoms with Crippen LogP contribution in [0.3, 0.4) is 0 Å². The Bertz CT molecular complexity index is 765. The number of methoxy groups -OCH3 is 2. The second-order valence-electron chi connectivity index (χ2n) is 6.24. The van der Waals surface area contributed by atoms with Gasteiger partial charge in [-0.1, -0.05) is 18.2 Å². The lowest BCUT2D eigenvalue weighted by molar-refractivity contribution is -0.143. The van der Waals surface area contributed by atoms with Gasteiger partial charge in [-0.3, -0.25) is 9.69 Å². The molecule has 0 aromatic heterocycles. The summed E-state index contributed by atoms with van der Waals surface area (Å²) >= 11 is 0. The number of rotatable bonds is 5. The first-order valence-corrected chi connectivity index (χ1v) is 7.71. The van der Waals surface area contributed by atoms with Crippen LogP contribution in [0, 0.1) is 5.41 Å². The number of benzene rings is 1. The molecule has 1 heterocycles. The standard InChI is InChI=1S/C18H21NO6/c1-10(11-8-6-7-9-12(11)24-4)19-14(16(22)25-5)13(15(20)21)18(2,3)17(19)23/h6-10H,1-5H3,(H,20,21). The molecule has 1 aromatic carbocycles.